The van der Waals surface area contributed by atoms with Crippen molar-refractivity contribution >= 4 is 33.1 Å². The first kappa shape index (κ1) is 16.4. The summed E-state index contributed by atoms with van der Waals surface area (Å²) in [5.74, 6) is 2.89. The maximum Gasteiger partial charge on any atom is 0.162 e. The van der Waals surface area contributed by atoms with Gasteiger partial charge >= 0.3 is 0 Å². The van der Waals surface area contributed by atoms with Crippen molar-refractivity contribution in [1.29, 1.82) is 0 Å². The third-order valence-electron chi connectivity index (χ3n) is 4.00. The van der Waals surface area contributed by atoms with Crippen LogP contribution in [0, 0.1) is 0 Å². The second kappa shape index (κ2) is 7.01. The highest BCUT2D eigenvalue weighted by Crippen LogP contribution is 2.35. The lowest BCUT2D eigenvalue weighted by atomic mass is 10.2. The van der Waals surface area contributed by atoms with E-state index in [4.69, 9.17) is 14.5 Å². The fourth-order valence-corrected chi connectivity index (χ4v) is 3.48. The zero-order valence-corrected chi connectivity index (χ0v) is 15.2. The van der Waals surface area contributed by atoms with Crippen molar-refractivity contribution in [3.05, 3.63) is 60.0 Å². The Morgan fingerprint density at radius 1 is 0.923 bits per heavy atom. The highest BCUT2D eigenvalue weighted by Gasteiger charge is 2.13. The highest BCUT2D eigenvalue weighted by atomic mass is 32.1. The molecule has 4 aromatic rings. The zero-order chi connectivity index (χ0) is 17.9. The number of nitrogens with zero attached hydrogens (tertiary/aromatic N) is 2. The minimum Gasteiger partial charge on any atom is -0.497 e. The molecule has 6 heteroatoms. The first-order valence-electron chi connectivity index (χ1n) is 8.08. The molecule has 0 saturated heterocycles. The first-order chi connectivity index (χ1) is 12.8. The SMILES string of the molecule is COc1ccc(OC)c(Nc2nc(-c3ccccc3)nc3ccsc23)c1. The van der Waals surface area contributed by atoms with E-state index in [1.165, 1.54) is 0 Å². The molecule has 1 N–H and O–H groups in total. The Kier molecular flexibility index (Phi) is 4.41. The predicted octanol–water partition coefficient (Wildman–Crippen LogP) is 5.12. The second-order valence-corrected chi connectivity index (χ2v) is 6.50. The third-order valence-corrected chi connectivity index (χ3v) is 4.91. The predicted molar refractivity (Wildman–Crippen MR) is 106 cm³/mol. The number of aromatic nitrogens is 2. The van der Waals surface area contributed by atoms with E-state index in [2.05, 4.69) is 10.3 Å². The second-order valence-electron chi connectivity index (χ2n) is 5.59. The molecule has 0 atom stereocenters. The molecule has 4 rings (SSSR count). The molecule has 0 unspecified atom stereocenters. The number of hydrogen-bond acceptors (Lipinski definition) is 6. The van der Waals surface area contributed by atoms with Gasteiger partial charge in [-0.05, 0) is 23.6 Å². The standard InChI is InChI=1S/C20H17N3O2S/c1-24-14-8-9-17(25-2)16(12-14)22-20-18-15(10-11-26-18)21-19(23-20)13-6-4-3-5-7-13/h3-12H,1-2H3,(H,21,22,23). The lowest BCUT2D eigenvalue weighted by molar-refractivity contribution is 0.405. The molecule has 0 spiro atoms. The smallest absolute Gasteiger partial charge is 0.162 e. The Labute approximate surface area is 155 Å². The van der Waals surface area contributed by atoms with Crippen molar-refractivity contribution in [1.82, 2.24) is 9.97 Å². The van der Waals surface area contributed by atoms with Gasteiger partial charge in [-0.2, -0.15) is 0 Å². The minimum absolute atomic E-state index is 0.681. The molecule has 130 valence electrons. The van der Waals surface area contributed by atoms with E-state index in [1.807, 2.05) is 60.0 Å². The molecule has 0 fully saturated rings. The van der Waals surface area contributed by atoms with Crippen LogP contribution in [0.1, 0.15) is 0 Å². The fourth-order valence-electron chi connectivity index (χ4n) is 2.70. The van der Waals surface area contributed by atoms with Gasteiger partial charge in [0.1, 0.15) is 11.5 Å². The number of methoxy groups -OCH3 is 2. The van der Waals surface area contributed by atoms with Crippen molar-refractivity contribution < 1.29 is 9.47 Å². The van der Waals surface area contributed by atoms with E-state index in [9.17, 15) is 0 Å². The Bertz CT molecular complexity index is 1050. The molecule has 0 aliphatic heterocycles. The Hall–Kier alpha value is -3.12. The first-order valence-corrected chi connectivity index (χ1v) is 8.96. The van der Waals surface area contributed by atoms with Crippen LogP contribution in [0.15, 0.2) is 60.0 Å². The van der Waals surface area contributed by atoms with E-state index in [0.29, 0.717) is 5.82 Å². The average Bonchev–Trinajstić information content (AvgIpc) is 3.17. The molecule has 0 radical (unpaired) electrons. The summed E-state index contributed by atoms with van der Waals surface area (Å²) in [6, 6.07) is 17.6. The summed E-state index contributed by atoms with van der Waals surface area (Å²) in [7, 11) is 3.28. The molecular formula is C20H17N3O2S. The summed E-state index contributed by atoms with van der Waals surface area (Å²) in [6.45, 7) is 0. The topological polar surface area (TPSA) is 56.3 Å². The van der Waals surface area contributed by atoms with Crippen LogP contribution < -0.4 is 14.8 Å². The zero-order valence-electron chi connectivity index (χ0n) is 14.4. The molecule has 2 aromatic heterocycles. The fraction of sp³-hybridized carbons (Fsp3) is 0.100. The summed E-state index contributed by atoms with van der Waals surface area (Å²) in [4.78, 5) is 9.45. The van der Waals surface area contributed by atoms with Gasteiger partial charge in [0.05, 0.1) is 30.1 Å². The normalized spacial score (nSPS) is 10.7. The molecular weight excluding hydrogens is 346 g/mol. The number of thiophene rings is 1. The number of fused-ring (bicyclic) bond motifs is 1. The van der Waals surface area contributed by atoms with Gasteiger partial charge in [-0.25, -0.2) is 9.97 Å². The maximum absolute atomic E-state index is 5.47. The van der Waals surface area contributed by atoms with E-state index in [-0.39, 0.29) is 0 Å². The van der Waals surface area contributed by atoms with E-state index in [1.54, 1.807) is 25.6 Å². The van der Waals surface area contributed by atoms with E-state index >= 15 is 0 Å². The Balaban J connectivity index is 1.83. The molecule has 0 aliphatic rings. The quantitative estimate of drug-likeness (QED) is 0.533. The molecule has 26 heavy (non-hydrogen) atoms. The van der Waals surface area contributed by atoms with Crippen LogP contribution in [0.25, 0.3) is 21.6 Å². The maximum atomic E-state index is 5.47. The van der Waals surface area contributed by atoms with Crippen molar-refractivity contribution in [2.45, 2.75) is 0 Å². The van der Waals surface area contributed by atoms with Crippen molar-refractivity contribution in [2.24, 2.45) is 0 Å². The summed E-state index contributed by atoms with van der Waals surface area (Å²) in [5.41, 5.74) is 2.67. The van der Waals surface area contributed by atoms with E-state index in [0.717, 1.165) is 38.8 Å². The lowest BCUT2D eigenvalue weighted by Crippen LogP contribution is -2.00. The van der Waals surface area contributed by atoms with Crippen LogP contribution in [-0.2, 0) is 0 Å². The molecule has 5 nitrogen and oxygen atoms in total. The van der Waals surface area contributed by atoms with Gasteiger partial charge in [0, 0.05) is 11.6 Å². The molecule has 0 aliphatic carbocycles. The van der Waals surface area contributed by atoms with Crippen LogP contribution in [0.5, 0.6) is 11.5 Å². The molecule has 2 aromatic carbocycles. The Morgan fingerprint density at radius 2 is 1.77 bits per heavy atom. The number of ether oxygens (including phenoxy) is 2. The van der Waals surface area contributed by atoms with Gasteiger partial charge in [-0.3, -0.25) is 0 Å². The van der Waals surface area contributed by atoms with Crippen molar-refractivity contribution in [3.8, 4) is 22.9 Å². The van der Waals surface area contributed by atoms with Gasteiger partial charge in [-0.15, -0.1) is 11.3 Å². The number of benzene rings is 2. The van der Waals surface area contributed by atoms with Gasteiger partial charge < -0.3 is 14.8 Å². The van der Waals surface area contributed by atoms with Crippen LogP contribution in [0.3, 0.4) is 0 Å². The lowest BCUT2D eigenvalue weighted by Gasteiger charge is -2.13. The highest BCUT2D eigenvalue weighted by molar-refractivity contribution is 7.17. The monoisotopic (exact) mass is 363 g/mol. The van der Waals surface area contributed by atoms with Crippen LogP contribution in [0.2, 0.25) is 0 Å². The summed E-state index contributed by atoms with van der Waals surface area (Å²) in [5, 5.41) is 5.41. The minimum atomic E-state index is 0.681. The number of anilines is 2. The number of rotatable bonds is 5. The third kappa shape index (κ3) is 3.07. The summed E-state index contributed by atoms with van der Waals surface area (Å²) < 4.78 is 11.8. The van der Waals surface area contributed by atoms with Gasteiger partial charge in [0.2, 0.25) is 0 Å². The van der Waals surface area contributed by atoms with Gasteiger partial charge in [-0.1, -0.05) is 30.3 Å². The largest absolute Gasteiger partial charge is 0.497 e. The van der Waals surface area contributed by atoms with Crippen LogP contribution >= 0.6 is 11.3 Å². The van der Waals surface area contributed by atoms with E-state index < -0.39 is 0 Å². The molecule has 2 heterocycles. The Morgan fingerprint density at radius 3 is 2.54 bits per heavy atom. The van der Waals surface area contributed by atoms with Crippen LogP contribution in [-0.4, -0.2) is 24.2 Å². The molecule has 0 saturated carbocycles. The van der Waals surface area contributed by atoms with Gasteiger partial charge in [0.15, 0.2) is 11.6 Å². The summed E-state index contributed by atoms with van der Waals surface area (Å²) >= 11 is 1.60. The van der Waals surface area contributed by atoms with Crippen molar-refractivity contribution in [2.75, 3.05) is 19.5 Å². The molecule has 0 amide bonds. The molecule has 0 bridgehead atoms. The summed E-state index contributed by atoms with van der Waals surface area (Å²) in [6.07, 6.45) is 0. The van der Waals surface area contributed by atoms with Crippen LogP contribution in [0.4, 0.5) is 11.5 Å². The van der Waals surface area contributed by atoms with Crippen molar-refractivity contribution in [3.63, 3.8) is 0 Å². The number of hydrogen-bond donors (Lipinski definition) is 1. The number of nitrogens with one attached hydrogen (secondary N) is 1. The average molecular weight is 363 g/mol. The van der Waals surface area contributed by atoms with Gasteiger partial charge in [0.25, 0.3) is 0 Å².